The molecule has 110 valence electrons. The minimum Gasteiger partial charge on any atom is -0.493 e. The van der Waals surface area contributed by atoms with Crippen LogP contribution in [0.5, 0.6) is 5.75 Å². The van der Waals surface area contributed by atoms with Crippen molar-refractivity contribution in [2.24, 2.45) is 0 Å². The van der Waals surface area contributed by atoms with E-state index in [9.17, 15) is 5.11 Å². The van der Waals surface area contributed by atoms with Gasteiger partial charge in [-0.2, -0.15) is 0 Å². The van der Waals surface area contributed by atoms with Crippen LogP contribution in [0.3, 0.4) is 0 Å². The van der Waals surface area contributed by atoms with Crippen molar-refractivity contribution >= 4 is 0 Å². The van der Waals surface area contributed by atoms with Gasteiger partial charge in [-0.15, -0.1) is 0 Å². The zero-order chi connectivity index (χ0) is 14.2. The lowest BCUT2D eigenvalue weighted by Gasteiger charge is -2.51. The number of fused-ring (bicyclic) bond motifs is 2. The first-order valence-electron chi connectivity index (χ1n) is 7.80. The highest BCUT2D eigenvalue weighted by atomic mass is 16.5. The van der Waals surface area contributed by atoms with Crippen molar-refractivity contribution in [3.63, 3.8) is 0 Å². The first kappa shape index (κ1) is 13.9. The van der Waals surface area contributed by atoms with E-state index in [1.54, 1.807) is 0 Å². The summed E-state index contributed by atoms with van der Waals surface area (Å²) in [6.07, 6.45) is 5.34. The Kier molecular flexibility index (Phi) is 3.74. The number of para-hydroxylation sites is 1. The second-order valence-corrected chi connectivity index (χ2v) is 6.27. The summed E-state index contributed by atoms with van der Waals surface area (Å²) in [6.45, 7) is 2.63. The fourth-order valence-corrected chi connectivity index (χ4v) is 4.00. The third kappa shape index (κ3) is 2.33. The zero-order valence-corrected chi connectivity index (χ0v) is 12.5. The Morgan fingerprint density at radius 1 is 1.25 bits per heavy atom. The summed E-state index contributed by atoms with van der Waals surface area (Å²) in [4.78, 5) is 2.47. The van der Waals surface area contributed by atoms with Crippen LogP contribution >= 0.6 is 0 Å². The summed E-state index contributed by atoms with van der Waals surface area (Å²) in [5.41, 5.74) is 0.250. The quantitative estimate of drug-likeness (QED) is 0.920. The van der Waals surface area contributed by atoms with Crippen LogP contribution in [0.4, 0.5) is 0 Å². The van der Waals surface area contributed by atoms with Crippen LogP contribution in [0.2, 0.25) is 0 Å². The van der Waals surface area contributed by atoms with Crippen LogP contribution in [0.1, 0.15) is 44.6 Å². The second kappa shape index (κ2) is 5.38. The summed E-state index contributed by atoms with van der Waals surface area (Å²) >= 11 is 0. The van der Waals surface area contributed by atoms with Crippen LogP contribution in [0.25, 0.3) is 0 Å². The Morgan fingerprint density at radius 2 is 1.90 bits per heavy atom. The Balaban J connectivity index is 1.93. The first-order chi connectivity index (χ1) is 9.64. The molecule has 2 fully saturated rings. The summed E-state index contributed by atoms with van der Waals surface area (Å²) in [6, 6.07) is 9.00. The van der Waals surface area contributed by atoms with Gasteiger partial charge in [0.1, 0.15) is 5.75 Å². The number of hydrogen-bond donors (Lipinski definition) is 1. The Hall–Kier alpha value is -1.06. The highest BCUT2D eigenvalue weighted by molar-refractivity contribution is 5.39. The van der Waals surface area contributed by atoms with Gasteiger partial charge in [-0.25, -0.2) is 0 Å². The van der Waals surface area contributed by atoms with Gasteiger partial charge in [-0.05, 0) is 45.7 Å². The lowest BCUT2D eigenvalue weighted by molar-refractivity contribution is -0.0885. The molecular formula is C17H25NO2. The fourth-order valence-electron chi connectivity index (χ4n) is 4.00. The highest BCUT2D eigenvalue weighted by Crippen LogP contribution is 2.45. The van der Waals surface area contributed by atoms with E-state index in [0.29, 0.717) is 18.7 Å². The van der Waals surface area contributed by atoms with Gasteiger partial charge < -0.3 is 14.7 Å². The molecule has 2 bridgehead atoms. The summed E-state index contributed by atoms with van der Waals surface area (Å²) in [5.74, 6) is 0.847. The molecule has 0 aromatic heterocycles. The molecule has 0 saturated carbocycles. The van der Waals surface area contributed by atoms with Crippen molar-refractivity contribution in [3.05, 3.63) is 29.8 Å². The fraction of sp³-hybridized carbons (Fsp3) is 0.647. The molecule has 2 aliphatic rings. The van der Waals surface area contributed by atoms with E-state index in [4.69, 9.17) is 4.74 Å². The van der Waals surface area contributed by atoms with Crippen LogP contribution in [-0.2, 0) is 5.60 Å². The predicted octanol–water partition coefficient (Wildman–Crippen LogP) is 2.92. The smallest absolute Gasteiger partial charge is 0.125 e. The maximum Gasteiger partial charge on any atom is 0.125 e. The van der Waals surface area contributed by atoms with Gasteiger partial charge >= 0.3 is 0 Å². The molecule has 2 aliphatic heterocycles. The molecule has 20 heavy (non-hydrogen) atoms. The molecule has 3 rings (SSSR count). The van der Waals surface area contributed by atoms with E-state index in [-0.39, 0.29) is 0 Å². The number of ether oxygens (including phenoxy) is 1. The number of benzene rings is 1. The molecule has 0 radical (unpaired) electrons. The van der Waals surface area contributed by atoms with Crippen molar-refractivity contribution in [2.45, 2.75) is 56.7 Å². The van der Waals surface area contributed by atoms with Gasteiger partial charge in [0.05, 0.1) is 12.2 Å². The molecule has 1 aromatic rings. The third-order valence-corrected chi connectivity index (χ3v) is 5.06. The minimum atomic E-state index is -0.728. The normalized spacial score (nSPS) is 34.0. The molecule has 2 atom stereocenters. The highest BCUT2D eigenvalue weighted by Gasteiger charge is 2.45. The van der Waals surface area contributed by atoms with Gasteiger partial charge in [0.15, 0.2) is 0 Å². The maximum absolute atomic E-state index is 11.3. The molecule has 3 heteroatoms. The number of aliphatic hydroxyl groups is 1. The predicted molar refractivity (Wildman–Crippen MR) is 79.9 cm³/mol. The number of piperidine rings is 2. The monoisotopic (exact) mass is 275 g/mol. The average Bonchev–Trinajstić information content (AvgIpc) is 2.42. The topological polar surface area (TPSA) is 32.7 Å². The van der Waals surface area contributed by atoms with Crippen LogP contribution in [0, 0.1) is 0 Å². The van der Waals surface area contributed by atoms with E-state index in [1.165, 1.54) is 19.3 Å². The van der Waals surface area contributed by atoms with Gasteiger partial charge in [0.25, 0.3) is 0 Å². The number of rotatable bonds is 3. The molecule has 2 unspecified atom stereocenters. The molecular weight excluding hydrogens is 250 g/mol. The first-order valence-corrected chi connectivity index (χ1v) is 7.80. The van der Waals surface area contributed by atoms with Crippen LogP contribution in [0.15, 0.2) is 24.3 Å². The Bertz CT molecular complexity index is 460. The maximum atomic E-state index is 11.3. The lowest BCUT2D eigenvalue weighted by Crippen LogP contribution is -2.55. The molecule has 2 saturated heterocycles. The van der Waals surface area contributed by atoms with Gasteiger partial charge in [0.2, 0.25) is 0 Å². The number of hydrogen-bond acceptors (Lipinski definition) is 3. The largest absolute Gasteiger partial charge is 0.493 e. The van der Waals surface area contributed by atoms with Gasteiger partial charge in [0, 0.05) is 17.6 Å². The van der Waals surface area contributed by atoms with Crippen LogP contribution in [-0.4, -0.2) is 35.7 Å². The third-order valence-electron chi connectivity index (χ3n) is 5.06. The van der Waals surface area contributed by atoms with Crippen molar-refractivity contribution in [1.82, 2.24) is 4.90 Å². The van der Waals surface area contributed by atoms with E-state index >= 15 is 0 Å². The van der Waals surface area contributed by atoms with Gasteiger partial charge in [-0.3, -0.25) is 0 Å². The molecule has 1 N–H and O–H groups in total. The Labute approximate surface area is 121 Å². The van der Waals surface area contributed by atoms with E-state index < -0.39 is 5.60 Å². The second-order valence-electron chi connectivity index (χ2n) is 6.27. The molecule has 0 spiro atoms. The molecule has 2 heterocycles. The standard InChI is InChI=1S/C17H25NO2/c1-3-20-16-10-5-4-9-15(16)17(19)11-13-7-6-8-14(12-17)18(13)2/h4-5,9-10,13-14,19H,3,6-8,11-12H2,1-2H3. The molecule has 1 aromatic carbocycles. The average molecular weight is 275 g/mol. The summed E-state index contributed by atoms with van der Waals surface area (Å²) in [7, 11) is 2.21. The van der Waals surface area contributed by atoms with Crippen molar-refractivity contribution in [1.29, 1.82) is 0 Å². The van der Waals surface area contributed by atoms with Crippen LogP contribution < -0.4 is 4.74 Å². The zero-order valence-electron chi connectivity index (χ0n) is 12.5. The minimum absolute atomic E-state index is 0.502. The summed E-state index contributed by atoms with van der Waals surface area (Å²) < 4.78 is 5.73. The SMILES string of the molecule is CCOc1ccccc1C1(O)CC2CCCC(C1)N2C. The Morgan fingerprint density at radius 3 is 2.55 bits per heavy atom. The van der Waals surface area contributed by atoms with Gasteiger partial charge in [-0.1, -0.05) is 24.6 Å². The van der Waals surface area contributed by atoms with Crippen molar-refractivity contribution < 1.29 is 9.84 Å². The molecule has 0 aliphatic carbocycles. The van der Waals surface area contributed by atoms with E-state index in [1.807, 2.05) is 31.2 Å². The van der Waals surface area contributed by atoms with E-state index in [2.05, 4.69) is 11.9 Å². The molecule has 0 amide bonds. The summed E-state index contributed by atoms with van der Waals surface area (Å²) in [5, 5.41) is 11.3. The lowest BCUT2D eigenvalue weighted by atomic mass is 9.72. The number of nitrogens with zero attached hydrogens (tertiary/aromatic N) is 1. The van der Waals surface area contributed by atoms with Crippen molar-refractivity contribution in [3.8, 4) is 5.75 Å². The van der Waals surface area contributed by atoms with Crippen molar-refractivity contribution in [2.75, 3.05) is 13.7 Å². The van der Waals surface area contributed by atoms with E-state index in [0.717, 1.165) is 24.2 Å². The molecule has 3 nitrogen and oxygen atoms in total.